The predicted octanol–water partition coefficient (Wildman–Crippen LogP) is 4.24. The first-order valence-electron chi connectivity index (χ1n) is 10.8. The van der Waals surface area contributed by atoms with Crippen molar-refractivity contribution in [3.05, 3.63) is 47.5 Å². The smallest absolute Gasteiger partial charge is 0.165 e. The minimum atomic E-state index is 0. The lowest BCUT2D eigenvalue weighted by Gasteiger charge is -2.13. The molecule has 0 unspecified atom stereocenters. The zero-order valence-electron chi connectivity index (χ0n) is 20.5. The fourth-order valence-electron chi connectivity index (χ4n) is 3.43. The van der Waals surface area contributed by atoms with Crippen LogP contribution in [0.1, 0.15) is 24.0 Å². The third-order valence-corrected chi connectivity index (χ3v) is 5.01. The molecule has 34 heavy (non-hydrogen) atoms. The van der Waals surface area contributed by atoms with Gasteiger partial charge in [0, 0.05) is 24.2 Å². The van der Waals surface area contributed by atoms with Crippen LogP contribution in [0.3, 0.4) is 0 Å². The Morgan fingerprint density at radius 3 is 1.26 bits per heavy atom. The molecule has 0 bridgehead atoms. The average Bonchev–Trinajstić information content (AvgIpc) is 2.81. The predicted molar refractivity (Wildman–Crippen MR) is 146 cm³/mol. The molecule has 0 heterocycles. The van der Waals surface area contributed by atoms with E-state index in [0.29, 0.717) is 0 Å². The van der Waals surface area contributed by atoms with Gasteiger partial charge >= 0.3 is 0 Å². The molecule has 0 radical (unpaired) electrons. The van der Waals surface area contributed by atoms with Gasteiger partial charge in [-0.15, -0.1) is 37.2 Å². The summed E-state index contributed by atoms with van der Waals surface area (Å²) in [5, 5.41) is 10.4. The summed E-state index contributed by atoms with van der Waals surface area (Å²) in [7, 11) is 6.67. The van der Waals surface area contributed by atoms with Crippen molar-refractivity contribution >= 4 is 37.2 Å². The van der Waals surface area contributed by atoms with Crippen LogP contribution in [0.15, 0.2) is 36.4 Å². The van der Waals surface area contributed by atoms with Crippen molar-refractivity contribution in [2.45, 2.75) is 25.9 Å². The Kier molecular flexibility index (Phi) is 21.1. The fraction of sp³-hybridized carbons (Fsp3) is 0.500. The van der Waals surface area contributed by atoms with Crippen LogP contribution >= 0.6 is 37.2 Å². The molecule has 0 fully saturated rings. The van der Waals surface area contributed by atoms with Gasteiger partial charge in [-0.2, -0.15) is 0 Å². The van der Waals surface area contributed by atoms with E-state index in [1.165, 1.54) is 0 Å². The number of ether oxygens (including phenoxy) is 4. The van der Waals surface area contributed by atoms with Crippen molar-refractivity contribution in [2.75, 3.05) is 54.6 Å². The van der Waals surface area contributed by atoms with Crippen LogP contribution in [0.25, 0.3) is 0 Å². The molecular formula is C24H40Cl3N3O4. The van der Waals surface area contributed by atoms with Crippen molar-refractivity contribution < 1.29 is 18.9 Å². The lowest BCUT2D eigenvalue weighted by atomic mass is 10.2. The van der Waals surface area contributed by atoms with E-state index in [4.69, 9.17) is 18.9 Å². The van der Waals surface area contributed by atoms with E-state index in [2.05, 4.69) is 28.1 Å². The van der Waals surface area contributed by atoms with Crippen LogP contribution in [0.5, 0.6) is 23.0 Å². The third kappa shape index (κ3) is 11.2. The SMILES string of the molecule is COc1cccc(CNCCCNCCCNCc2cccc(OC)c2OC)c1OC.Cl.Cl.Cl. The van der Waals surface area contributed by atoms with Crippen LogP contribution in [0.4, 0.5) is 0 Å². The first-order chi connectivity index (χ1) is 15.2. The number of benzene rings is 2. The van der Waals surface area contributed by atoms with Gasteiger partial charge in [-0.25, -0.2) is 0 Å². The second kappa shape index (κ2) is 20.7. The van der Waals surface area contributed by atoms with E-state index in [1.807, 2.05) is 24.3 Å². The van der Waals surface area contributed by atoms with Crippen LogP contribution in [0, 0.1) is 0 Å². The minimum Gasteiger partial charge on any atom is -0.493 e. The molecule has 0 aromatic heterocycles. The van der Waals surface area contributed by atoms with E-state index in [9.17, 15) is 0 Å². The number of methoxy groups -OCH3 is 4. The van der Waals surface area contributed by atoms with E-state index >= 15 is 0 Å². The van der Waals surface area contributed by atoms with Gasteiger partial charge in [-0.1, -0.05) is 24.3 Å². The van der Waals surface area contributed by atoms with Crippen molar-refractivity contribution in [3.8, 4) is 23.0 Å². The number of rotatable bonds is 16. The number of para-hydroxylation sites is 2. The van der Waals surface area contributed by atoms with Gasteiger partial charge in [0.15, 0.2) is 23.0 Å². The molecule has 0 spiro atoms. The maximum atomic E-state index is 5.47. The molecule has 3 N–H and O–H groups in total. The molecule has 10 heteroatoms. The maximum absolute atomic E-state index is 5.47. The average molecular weight is 541 g/mol. The molecule has 2 rings (SSSR count). The Morgan fingerprint density at radius 2 is 0.912 bits per heavy atom. The molecule has 0 aliphatic carbocycles. The number of hydrogen-bond donors (Lipinski definition) is 3. The maximum Gasteiger partial charge on any atom is 0.165 e. The van der Waals surface area contributed by atoms with Crippen molar-refractivity contribution in [1.82, 2.24) is 16.0 Å². The summed E-state index contributed by atoms with van der Waals surface area (Å²) in [6, 6.07) is 11.9. The van der Waals surface area contributed by atoms with Crippen LogP contribution in [-0.2, 0) is 13.1 Å². The topological polar surface area (TPSA) is 73.0 Å². The first kappa shape index (κ1) is 34.6. The van der Waals surface area contributed by atoms with Crippen LogP contribution in [0.2, 0.25) is 0 Å². The highest BCUT2D eigenvalue weighted by Crippen LogP contribution is 2.31. The Balaban J connectivity index is 0. The van der Waals surface area contributed by atoms with Gasteiger partial charge in [0.25, 0.3) is 0 Å². The molecule has 0 saturated carbocycles. The molecule has 196 valence electrons. The summed E-state index contributed by atoms with van der Waals surface area (Å²) >= 11 is 0. The lowest BCUT2D eigenvalue weighted by Crippen LogP contribution is -2.25. The van der Waals surface area contributed by atoms with Gasteiger partial charge < -0.3 is 34.9 Å². The van der Waals surface area contributed by atoms with Gasteiger partial charge in [0.05, 0.1) is 28.4 Å². The summed E-state index contributed by atoms with van der Waals surface area (Å²) in [6.45, 7) is 5.40. The molecule has 0 amide bonds. The lowest BCUT2D eigenvalue weighted by molar-refractivity contribution is 0.350. The van der Waals surface area contributed by atoms with Crippen molar-refractivity contribution in [2.24, 2.45) is 0 Å². The zero-order chi connectivity index (χ0) is 22.3. The molecule has 2 aromatic carbocycles. The summed E-state index contributed by atoms with van der Waals surface area (Å²) in [6.07, 6.45) is 2.14. The Bertz CT molecular complexity index is 722. The summed E-state index contributed by atoms with van der Waals surface area (Å²) in [5.74, 6) is 3.13. The highest BCUT2D eigenvalue weighted by Gasteiger charge is 2.09. The van der Waals surface area contributed by atoms with Crippen LogP contribution in [-0.4, -0.2) is 54.6 Å². The molecule has 0 aliphatic rings. The molecular weight excluding hydrogens is 501 g/mol. The second-order valence-electron chi connectivity index (χ2n) is 7.12. The minimum absolute atomic E-state index is 0. The number of nitrogens with one attached hydrogen (secondary N) is 3. The van der Waals surface area contributed by atoms with Gasteiger partial charge in [-0.3, -0.25) is 0 Å². The highest BCUT2D eigenvalue weighted by molar-refractivity contribution is 5.86. The normalized spacial score (nSPS) is 9.76. The van der Waals surface area contributed by atoms with Crippen molar-refractivity contribution in [1.29, 1.82) is 0 Å². The molecule has 0 atom stereocenters. The van der Waals surface area contributed by atoms with Gasteiger partial charge in [0.1, 0.15) is 0 Å². The van der Waals surface area contributed by atoms with Gasteiger partial charge in [-0.05, 0) is 51.2 Å². The van der Waals surface area contributed by atoms with E-state index in [-0.39, 0.29) is 37.2 Å². The van der Waals surface area contributed by atoms with Gasteiger partial charge in [0.2, 0.25) is 0 Å². The second-order valence-corrected chi connectivity index (χ2v) is 7.12. The quantitative estimate of drug-likeness (QED) is 0.275. The largest absolute Gasteiger partial charge is 0.493 e. The van der Waals surface area contributed by atoms with E-state index in [0.717, 1.165) is 86.2 Å². The van der Waals surface area contributed by atoms with Crippen LogP contribution < -0.4 is 34.9 Å². The molecule has 0 aliphatic heterocycles. The summed E-state index contributed by atoms with van der Waals surface area (Å²) in [5.41, 5.74) is 2.21. The highest BCUT2D eigenvalue weighted by atomic mass is 35.5. The fourth-order valence-corrected chi connectivity index (χ4v) is 3.43. The van der Waals surface area contributed by atoms with E-state index < -0.39 is 0 Å². The monoisotopic (exact) mass is 539 g/mol. The Hall–Kier alpha value is -1.61. The first-order valence-corrected chi connectivity index (χ1v) is 10.8. The zero-order valence-corrected chi connectivity index (χ0v) is 22.9. The Labute approximate surface area is 222 Å². The Morgan fingerprint density at radius 1 is 0.529 bits per heavy atom. The molecule has 7 nitrogen and oxygen atoms in total. The number of halogens is 3. The third-order valence-electron chi connectivity index (χ3n) is 5.01. The summed E-state index contributed by atoms with van der Waals surface area (Å²) < 4.78 is 21.6. The number of hydrogen-bond acceptors (Lipinski definition) is 7. The van der Waals surface area contributed by atoms with Crippen molar-refractivity contribution in [3.63, 3.8) is 0 Å². The molecule has 0 saturated heterocycles. The molecule has 2 aromatic rings. The van der Waals surface area contributed by atoms with E-state index in [1.54, 1.807) is 28.4 Å². The summed E-state index contributed by atoms with van der Waals surface area (Å²) in [4.78, 5) is 0. The standard InChI is InChI=1S/C24H37N3O4.3ClH/c1-28-21-11-5-9-19(23(21)30-3)17-26-15-7-13-25-14-8-16-27-18-20-10-6-12-22(29-2)24(20)31-4;;;/h5-6,9-12,25-27H,7-8,13-18H2,1-4H3;3*1H.